The Morgan fingerprint density at radius 3 is 2.38 bits per heavy atom. The number of rotatable bonds is 6. The maximum Gasteiger partial charge on any atom is 0.508 e. The van der Waals surface area contributed by atoms with Gasteiger partial charge in [-0.25, -0.2) is 0 Å². The van der Waals surface area contributed by atoms with Crippen molar-refractivity contribution >= 4 is 14.0 Å². The van der Waals surface area contributed by atoms with Crippen LogP contribution < -0.4 is 0 Å². The molecule has 0 aliphatic rings. The molecule has 0 bridgehead atoms. The molecular formula is C8H16O4P+. The Labute approximate surface area is 79.2 Å². The minimum Gasteiger partial charge on any atom is -0.481 e. The van der Waals surface area contributed by atoms with Gasteiger partial charge in [0.25, 0.3) is 0 Å². The fourth-order valence-electron chi connectivity index (χ4n) is 1.08. The van der Waals surface area contributed by atoms with Crippen LogP contribution in [0.4, 0.5) is 0 Å². The molecule has 0 aromatic rings. The third kappa shape index (κ3) is 5.72. The van der Waals surface area contributed by atoms with Gasteiger partial charge in [0.1, 0.15) is 5.92 Å². The molecule has 0 radical (unpaired) electrons. The zero-order valence-corrected chi connectivity index (χ0v) is 9.08. The summed E-state index contributed by atoms with van der Waals surface area (Å²) in [6.45, 7) is 3.88. The molecule has 0 spiro atoms. The molecule has 13 heavy (non-hydrogen) atoms. The van der Waals surface area contributed by atoms with E-state index in [9.17, 15) is 9.36 Å². The van der Waals surface area contributed by atoms with E-state index >= 15 is 0 Å². The van der Waals surface area contributed by atoms with Crippen molar-refractivity contribution in [3.8, 4) is 0 Å². The molecule has 5 heteroatoms. The molecule has 0 rings (SSSR count). The smallest absolute Gasteiger partial charge is 0.481 e. The zero-order chi connectivity index (χ0) is 10.4. The number of carbonyl (C=O) groups is 1. The minimum absolute atomic E-state index is 0.110. The minimum atomic E-state index is -1.81. The van der Waals surface area contributed by atoms with Crippen LogP contribution in [0.25, 0.3) is 0 Å². The highest BCUT2D eigenvalue weighted by Gasteiger charge is 2.29. The lowest BCUT2D eigenvalue weighted by molar-refractivity contribution is -0.141. The van der Waals surface area contributed by atoms with E-state index < -0.39 is 19.9 Å². The highest BCUT2D eigenvalue weighted by atomic mass is 31.1. The maximum absolute atomic E-state index is 11.0. The second kappa shape index (κ2) is 6.06. The van der Waals surface area contributed by atoms with Gasteiger partial charge < -0.3 is 5.11 Å². The number of hydrogen-bond donors (Lipinski definition) is 1. The van der Waals surface area contributed by atoms with Crippen LogP contribution in [0.2, 0.25) is 0 Å². The van der Waals surface area contributed by atoms with Crippen LogP contribution in [0.3, 0.4) is 0 Å². The van der Waals surface area contributed by atoms with E-state index in [0.717, 1.165) is 0 Å². The highest BCUT2D eigenvalue weighted by Crippen LogP contribution is 2.27. The summed E-state index contributed by atoms with van der Waals surface area (Å²) in [5.41, 5.74) is 0. The topological polar surface area (TPSA) is 63.6 Å². The van der Waals surface area contributed by atoms with Gasteiger partial charge in [0.05, 0.1) is 7.11 Å². The van der Waals surface area contributed by atoms with Crippen molar-refractivity contribution in [2.75, 3.05) is 13.3 Å². The largest absolute Gasteiger partial charge is 0.508 e. The number of hydrogen-bond acceptors (Lipinski definition) is 3. The first-order valence-electron chi connectivity index (χ1n) is 4.19. The summed E-state index contributed by atoms with van der Waals surface area (Å²) in [5.74, 6) is -1.15. The Bertz CT molecular complexity index is 191. The zero-order valence-electron chi connectivity index (χ0n) is 8.19. The average Bonchev–Trinajstić information content (AvgIpc) is 2.02. The molecule has 2 unspecified atom stereocenters. The lowest BCUT2D eigenvalue weighted by atomic mass is 9.99. The molecule has 0 saturated heterocycles. The van der Waals surface area contributed by atoms with Crippen LogP contribution >= 0.6 is 8.03 Å². The molecule has 0 aliphatic carbocycles. The van der Waals surface area contributed by atoms with Crippen molar-refractivity contribution in [1.29, 1.82) is 0 Å². The molecule has 0 heterocycles. The van der Waals surface area contributed by atoms with Crippen LogP contribution in [0.5, 0.6) is 0 Å². The van der Waals surface area contributed by atoms with Gasteiger partial charge in [0.15, 0.2) is 6.16 Å². The van der Waals surface area contributed by atoms with Gasteiger partial charge in [-0.15, -0.1) is 4.52 Å². The molecule has 0 aromatic heterocycles. The first-order chi connectivity index (χ1) is 5.97. The molecule has 0 aromatic carbocycles. The van der Waals surface area contributed by atoms with Gasteiger partial charge in [-0.2, -0.15) is 0 Å². The highest BCUT2D eigenvalue weighted by molar-refractivity contribution is 7.39. The molecule has 76 valence electrons. The third-order valence-electron chi connectivity index (χ3n) is 1.68. The van der Waals surface area contributed by atoms with Crippen molar-refractivity contribution in [1.82, 2.24) is 0 Å². The van der Waals surface area contributed by atoms with E-state index in [1.165, 1.54) is 7.11 Å². The summed E-state index contributed by atoms with van der Waals surface area (Å²) >= 11 is 0. The summed E-state index contributed by atoms with van der Waals surface area (Å²) in [6.07, 6.45) is 0.652. The first kappa shape index (κ1) is 12.5. The van der Waals surface area contributed by atoms with Gasteiger partial charge >= 0.3 is 14.0 Å². The van der Waals surface area contributed by atoms with Crippen molar-refractivity contribution < 1.29 is 19.0 Å². The molecule has 0 fully saturated rings. The molecular weight excluding hydrogens is 191 g/mol. The van der Waals surface area contributed by atoms with Gasteiger partial charge in [-0.3, -0.25) is 4.79 Å². The van der Waals surface area contributed by atoms with E-state index in [0.29, 0.717) is 12.3 Å². The van der Waals surface area contributed by atoms with E-state index in [1.807, 2.05) is 13.8 Å². The summed E-state index contributed by atoms with van der Waals surface area (Å²) in [4.78, 5) is 10.7. The Morgan fingerprint density at radius 2 is 2.08 bits per heavy atom. The fourth-order valence-corrected chi connectivity index (χ4v) is 1.89. The third-order valence-corrected chi connectivity index (χ3v) is 2.82. The van der Waals surface area contributed by atoms with Gasteiger partial charge in [-0.1, -0.05) is 13.8 Å². The van der Waals surface area contributed by atoms with Crippen molar-refractivity contribution in [3.63, 3.8) is 0 Å². The molecule has 0 saturated carbocycles. The number of carboxylic acid groups (broad SMARTS) is 1. The summed E-state index contributed by atoms with van der Waals surface area (Å²) in [5, 5.41) is 8.78. The lowest BCUT2D eigenvalue weighted by Gasteiger charge is -2.08. The van der Waals surface area contributed by atoms with Crippen molar-refractivity contribution in [3.05, 3.63) is 0 Å². The van der Waals surface area contributed by atoms with Crippen LogP contribution in [0.1, 0.15) is 20.3 Å². The molecule has 0 aliphatic heterocycles. The quantitative estimate of drug-likeness (QED) is 0.677. The molecule has 0 amide bonds. The number of aliphatic carboxylic acids is 1. The Hall–Kier alpha value is -0.470. The molecule has 1 N–H and O–H groups in total. The van der Waals surface area contributed by atoms with E-state index in [4.69, 9.17) is 5.11 Å². The monoisotopic (exact) mass is 207 g/mol. The first-order valence-corrected chi connectivity index (χ1v) is 5.55. The fraction of sp³-hybridized carbons (Fsp3) is 0.875. The van der Waals surface area contributed by atoms with Crippen LogP contribution in [0.15, 0.2) is 0 Å². The van der Waals surface area contributed by atoms with Gasteiger partial charge in [-0.05, 0) is 16.9 Å². The van der Waals surface area contributed by atoms with Crippen molar-refractivity contribution in [2.45, 2.75) is 20.3 Å². The summed E-state index contributed by atoms with van der Waals surface area (Å²) in [6, 6.07) is 0. The maximum atomic E-state index is 11.0. The second-order valence-electron chi connectivity index (χ2n) is 3.36. The normalized spacial score (nSPS) is 14.3. The van der Waals surface area contributed by atoms with E-state index in [2.05, 4.69) is 4.52 Å². The Kier molecular flexibility index (Phi) is 5.84. The molecule has 2 atom stereocenters. The molecule has 4 nitrogen and oxygen atoms in total. The van der Waals surface area contributed by atoms with E-state index in [-0.39, 0.29) is 6.16 Å². The Morgan fingerprint density at radius 1 is 1.54 bits per heavy atom. The summed E-state index contributed by atoms with van der Waals surface area (Å²) < 4.78 is 15.5. The van der Waals surface area contributed by atoms with Crippen molar-refractivity contribution in [2.24, 2.45) is 11.8 Å². The second-order valence-corrected chi connectivity index (χ2v) is 4.76. The van der Waals surface area contributed by atoms with Crippen LogP contribution in [0, 0.1) is 11.8 Å². The van der Waals surface area contributed by atoms with Crippen LogP contribution in [-0.4, -0.2) is 24.3 Å². The number of carboxylic acids is 1. The standard InChI is InChI=1S/C8H15O4P/c1-6(2)4-7(8(9)10)5-13(11)12-3/h6-7H,4-5H2,1-3H3/p+1. The Balaban J connectivity index is 4.10. The predicted molar refractivity (Wildman–Crippen MR) is 50.1 cm³/mol. The SMILES string of the molecule is CO[P+](=O)CC(CC(C)C)C(=O)O. The summed E-state index contributed by atoms with van der Waals surface area (Å²) in [7, 11) is -0.485. The lowest BCUT2D eigenvalue weighted by Crippen LogP contribution is -2.18. The predicted octanol–water partition coefficient (Wildman–Crippen LogP) is 2.12. The van der Waals surface area contributed by atoms with Gasteiger partial charge in [0, 0.05) is 0 Å². The van der Waals surface area contributed by atoms with Gasteiger partial charge in [0.2, 0.25) is 0 Å². The van der Waals surface area contributed by atoms with Crippen LogP contribution in [-0.2, 0) is 13.9 Å². The average molecular weight is 207 g/mol. The van der Waals surface area contributed by atoms with E-state index in [1.54, 1.807) is 0 Å².